The Morgan fingerprint density at radius 2 is 1.96 bits per heavy atom. The maximum Gasteiger partial charge on any atom is 0.204 e. The number of fused-ring (bicyclic) bond motifs is 1. The van der Waals surface area contributed by atoms with Crippen molar-refractivity contribution >= 4 is 11.0 Å². The van der Waals surface area contributed by atoms with E-state index in [0.29, 0.717) is 11.9 Å². The second-order valence-corrected chi connectivity index (χ2v) is 5.76. The smallest absolute Gasteiger partial charge is 0.204 e. The Labute approximate surface area is 161 Å². The van der Waals surface area contributed by atoms with Crippen molar-refractivity contribution in [3.8, 4) is 11.4 Å². The van der Waals surface area contributed by atoms with E-state index < -0.39 is 0 Å². The number of aromatic amines is 1. The van der Waals surface area contributed by atoms with Gasteiger partial charge in [-0.05, 0) is 43.2 Å². The molecule has 3 aromatic rings. The van der Waals surface area contributed by atoms with Gasteiger partial charge in [-0.2, -0.15) is 5.21 Å². The van der Waals surface area contributed by atoms with Crippen LogP contribution < -0.4 is 0 Å². The number of nitrogens with zero attached hydrogens (tertiary/aromatic N) is 5. The van der Waals surface area contributed by atoms with Gasteiger partial charge in [-0.15, -0.1) is 10.2 Å². The molecule has 1 aliphatic carbocycles. The van der Waals surface area contributed by atoms with E-state index in [4.69, 9.17) is 4.98 Å². The number of benzene rings is 1. The van der Waals surface area contributed by atoms with Crippen molar-refractivity contribution in [3.63, 3.8) is 0 Å². The van der Waals surface area contributed by atoms with Gasteiger partial charge >= 0.3 is 0 Å². The van der Waals surface area contributed by atoms with Crippen LogP contribution in [0.2, 0.25) is 0 Å². The van der Waals surface area contributed by atoms with E-state index >= 15 is 0 Å². The third kappa shape index (κ3) is 3.38. The van der Waals surface area contributed by atoms with Gasteiger partial charge in [0.05, 0.1) is 11.0 Å². The third-order valence-electron chi connectivity index (χ3n) is 4.41. The van der Waals surface area contributed by atoms with Gasteiger partial charge in [-0.25, -0.2) is 4.98 Å². The zero-order valence-corrected chi connectivity index (χ0v) is 16.5. The summed E-state index contributed by atoms with van der Waals surface area (Å²) in [5.74, 6) is 1.71. The molecule has 1 aliphatic rings. The van der Waals surface area contributed by atoms with Gasteiger partial charge in [0, 0.05) is 44.3 Å². The van der Waals surface area contributed by atoms with Crippen LogP contribution in [0.15, 0.2) is 18.2 Å². The number of hydrogen-bond donors (Lipinski definition) is 1. The molecule has 4 rings (SSSR count). The molecule has 2 aromatic heterocycles. The molecule has 1 radical (unpaired) electrons. The molecule has 0 atom stereocenters. The molecule has 1 fully saturated rings. The molecule has 1 saturated carbocycles. The van der Waals surface area contributed by atoms with Gasteiger partial charge < -0.3 is 12.0 Å². The summed E-state index contributed by atoms with van der Waals surface area (Å²) in [6.07, 6.45) is 6.54. The largest absolute Gasteiger partial charge is 0.358 e. The van der Waals surface area contributed by atoms with Crippen molar-refractivity contribution in [2.24, 2.45) is 0 Å². The Bertz CT molecular complexity index is 758. The van der Waals surface area contributed by atoms with Crippen LogP contribution in [0.1, 0.15) is 44.0 Å². The number of rotatable bonds is 2. The fourth-order valence-electron chi connectivity index (χ4n) is 3.44. The monoisotopic (exact) mass is 386 g/mol. The number of nitrogens with one attached hydrogen (secondary N) is 1. The predicted octanol–water partition coefficient (Wildman–Crippen LogP) is 3.48. The zero-order valence-electron chi connectivity index (χ0n) is 13.7. The molecule has 23 heavy (non-hydrogen) atoms. The first kappa shape index (κ1) is 18.2. The summed E-state index contributed by atoms with van der Waals surface area (Å²) in [5, 5.41) is 14.2. The Hall–Kier alpha value is -1.14. The maximum absolute atomic E-state index is 4.74. The van der Waals surface area contributed by atoms with Crippen molar-refractivity contribution in [3.05, 3.63) is 31.5 Å². The van der Waals surface area contributed by atoms with E-state index in [1.165, 1.54) is 37.6 Å². The number of imidazole rings is 1. The molecule has 7 heteroatoms. The van der Waals surface area contributed by atoms with Gasteiger partial charge in [0.25, 0.3) is 0 Å². The molecule has 1 aromatic carbocycles. The van der Waals surface area contributed by atoms with Gasteiger partial charge in [0.2, 0.25) is 5.82 Å². The van der Waals surface area contributed by atoms with Crippen molar-refractivity contribution < 1.29 is 32.7 Å². The van der Waals surface area contributed by atoms with Gasteiger partial charge in [0.15, 0.2) is 0 Å². The van der Waals surface area contributed by atoms with Crippen LogP contribution in [0, 0.1) is 14.4 Å². The summed E-state index contributed by atoms with van der Waals surface area (Å²) in [4.78, 5) is 4.74. The summed E-state index contributed by atoms with van der Waals surface area (Å²) in [6, 6.07) is 6.83. The molecule has 0 aliphatic heterocycles. The van der Waals surface area contributed by atoms with Crippen LogP contribution in [0.4, 0.5) is 0 Å². The average Bonchev–Trinajstić information content (AvgIpc) is 3.14. The van der Waals surface area contributed by atoms with Crippen LogP contribution in [0.3, 0.4) is 0 Å². The molecule has 0 spiro atoms. The van der Waals surface area contributed by atoms with Gasteiger partial charge in [0.1, 0.15) is 5.82 Å². The Morgan fingerprint density at radius 1 is 1.17 bits per heavy atom. The van der Waals surface area contributed by atoms with Crippen molar-refractivity contribution in [1.29, 1.82) is 0 Å². The molecule has 6 nitrogen and oxygen atoms in total. The Morgan fingerprint density at radius 3 is 2.65 bits per heavy atom. The first-order valence-corrected chi connectivity index (χ1v) is 7.55. The van der Waals surface area contributed by atoms with E-state index in [2.05, 4.69) is 38.2 Å². The summed E-state index contributed by atoms with van der Waals surface area (Å²) < 4.78 is 2.41. The molecule has 0 amide bonds. The summed E-state index contributed by atoms with van der Waals surface area (Å²) >= 11 is 0. The zero-order chi connectivity index (χ0) is 14.2. The molecule has 119 valence electrons. The SMILES string of the molecule is Cc1nc2cc(-c3nn[nH]n3)ccc2n1C1CCCCC1.[CH3-].[Y]. The number of aromatic nitrogens is 6. The standard InChI is InChI=1S/C15H18N6.CH3.Y/c1-10-16-13-9-11(15-17-19-20-18-15)7-8-14(13)21(10)12-5-3-2-4-6-12;;/h7-9,12H,2-6H2,1H3,(H,17,18,19,20);1H3;/q;-1;. The van der Waals surface area contributed by atoms with E-state index in [1.807, 2.05) is 12.1 Å². The van der Waals surface area contributed by atoms with Crippen LogP contribution in [0.5, 0.6) is 0 Å². The second kappa shape index (κ2) is 7.62. The van der Waals surface area contributed by atoms with Crippen molar-refractivity contribution in [1.82, 2.24) is 30.2 Å². The number of aryl methyl sites for hydroxylation is 1. The number of hydrogen-bond acceptors (Lipinski definition) is 4. The van der Waals surface area contributed by atoms with E-state index in [-0.39, 0.29) is 40.1 Å². The van der Waals surface area contributed by atoms with Crippen molar-refractivity contribution in [2.45, 2.75) is 45.1 Å². The number of tetrazole rings is 1. The maximum atomic E-state index is 4.74. The van der Waals surface area contributed by atoms with Gasteiger partial charge in [-0.3, -0.25) is 0 Å². The van der Waals surface area contributed by atoms with Crippen LogP contribution in [-0.4, -0.2) is 30.2 Å². The predicted molar refractivity (Wildman–Crippen MR) is 86.2 cm³/mol. The quantitative estimate of drug-likeness (QED) is 0.685. The molecule has 1 N–H and O–H groups in total. The van der Waals surface area contributed by atoms with Crippen LogP contribution in [0.25, 0.3) is 22.4 Å². The molecular formula is C16H21N6Y-. The summed E-state index contributed by atoms with van der Waals surface area (Å²) in [7, 11) is 0. The van der Waals surface area contributed by atoms with E-state index in [1.54, 1.807) is 0 Å². The molecule has 0 unspecified atom stereocenters. The minimum atomic E-state index is 0. The molecule has 2 heterocycles. The fraction of sp³-hybridized carbons (Fsp3) is 0.438. The third-order valence-corrected chi connectivity index (χ3v) is 4.41. The Kier molecular flexibility index (Phi) is 6.03. The summed E-state index contributed by atoms with van der Waals surface area (Å²) in [5.41, 5.74) is 3.18. The van der Waals surface area contributed by atoms with Crippen LogP contribution >= 0.6 is 0 Å². The minimum absolute atomic E-state index is 0. The van der Waals surface area contributed by atoms with E-state index in [9.17, 15) is 0 Å². The van der Waals surface area contributed by atoms with Crippen molar-refractivity contribution in [2.75, 3.05) is 0 Å². The van der Waals surface area contributed by atoms with Crippen LogP contribution in [-0.2, 0) is 32.7 Å². The average molecular weight is 386 g/mol. The van der Waals surface area contributed by atoms with Gasteiger partial charge in [-0.1, -0.05) is 19.3 Å². The molecule has 0 bridgehead atoms. The first-order valence-electron chi connectivity index (χ1n) is 7.55. The normalized spacial score (nSPS) is 15.2. The number of H-pyrrole nitrogens is 1. The fourth-order valence-corrected chi connectivity index (χ4v) is 3.44. The van der Waals surface area contributed by atoms with E-state index in [0.717, 1.165) is 16.9 Å². The topological polar surface area (TPSA) is 72.3 Å². The second-order valence-electron chi connectivity index (χ2n) is 5.76. The first-order chi connectivity index (χ1) is 10.3. The molecule has 0 saturated heterocycles. The summed E-state index contributed by atoms with van der Waals surface area (Å²) in [6.45, 7) is 2.10. The Balaban J connectivity index is 0.000000960. The molecular weight excluding hydrogens is 365 g/mol. The minimum Gasteiger partial charge on any atom is -0.358 e.